The van der Waals surface area contributed by atoms with Gasteiger partial charge >= 0.3 is 0 Å². The van der Waals surface area contributed by atoms with Gasteiger partial charge in [0.25, 0.3) is 5.91 Å². The zero-order chi connectivity index (χ0) is 25.5. The summed E-state index contributed by atoms with van der Waals surface area (Å²) < 4.78 is 7.04. The third-order valence-corrected chi connectivity index (χ3v) is 6.89. The molecule has 0 aliphatic heterocycles. The highest BCUT2D eigenvalue weighted by Gasteiger charge is 2.26. The van der Waals surface area contributed by atoms with Crippen LogP contribution in [0.4, 0.5) is 5.69 Å². The summed E-state index contributed by atoms with van der Waals surface area (Å²) in [4.78, 5) is 25.3. The largest absolute Gasteiger partial charge is 0.497 e. The number of thioether (sulfide) groups is 1. The predicted octanol–water partition coefficient (Wildman–Crippen LogP) is 5.47. The lowest BCUT2D eigenvalue weighted by Gasteiger charge is -2.22. The molecule has 1 aromatic heterocycles. The third-order valence-electron chi connectivity index (χ3n) is 5.18. The Morgan fingerprint density at radius 3 is 2.40 bits per heavy atom. The van der Waals surface area contributed by atoms with E-state index in [2.05, 4.69) is 20.8 Å². The lowest BCUT2D eigenvalue weighted by atomic mass is 10.0. The van der Waals surface area contributed by atoms with Crippen LogP contribution in [0.15, 0.2) is 47.6 Å². The molecule has 1 heterocycles. The minimum absolute atomic E-state index is 0.0347. The first-order chi connectivity index (χ1) is 16.7. The Morgan fingerprint density at radius 2 is 1.80 bits per heavy atom. The number of nitrogens with zero attached hydrogens (tertiary/aromatic N) is 3. The maximum Gasteiger partial charge on any atom is 0.251 e. The number of methoxy groups -OCH3 is 1. The van der Waals surface area contributed by atoms with Crippen molar-refractivity contribution in [2.75, 3.05) is 18.2 Å². The van der Waals surface area contributed by atoms with Gasteiger partial charge in [0.15, 0.2) is 11.0 Å². The summed E-state index contributed by atoms with van der Waals surface area (Å²) in [7, 11) is 1.59. The number of halogens is 2. The smallest absolute Gasteiger partial charge is 0.251 e. The number of anilines is 1. The van der Waals surface area contributed by atoms with E-state index in [1.54, 1.807) is 43.5 Å². The van der Waals surface area contributed by atoms with Crippen molar-refractivity contribution < 1.29 is 14.3 Å². The van der Waals surface area contributed by atoms with E-state index in [1.807, 2.05) is 25.3 Å². The molecule has 0 radical (unpaired) electrons. The fraction of sp³-hybridized carbons (Fsp3) is 0.333. The third kappa shape index (κ3) is 6.90. The minimum Gasteiger partial charge on any atom is -0.497 e. The standard InChI is InChI=1S/C24H27Cl2N5O3S/c1-5-31-22(21(14(2)3)28-23(33)15-6-11-18(25)19(26)12-15)29-30-24(31)35-13-20(32)27-16-7-9-17(34-4)10-8-16/h6-12,14,21H,5,13H2,1-4H3,(H,27,32)(H,28,33)/t21-/m0/s1. The monoisotopic (exact) mass is 535 g/mol. The Kier molecular flexibility index (Phi) is 9.42. The van der Waals surface area contributed by atoms with Crippen molar-refractivity contribution in [3.63, 3.8) is 0 Å². The average molecular weight is 536 g/mol. The summed E-state index contributed by atoms with van der Waals surface area (Å²) >= 11 is 13.3. The summed E-state index contributed by atoms with van der Waals surface area (Å²) in [5.74, 6) is 1.07. The highest BCUT2D eigenvalue weighted by atomic mass is 35.5. The molecule has 8 nitrogen and oxygen atoms in total. The first kappa shape index (κ1) is 26.8. The summed E-state index contributed by atoms with van der Waals surface area (Å²) in [6.45, 7) is 6.52. The second-order valence-corrected chi connectivity index (χ2v) is 9.73. The number of benzene rings is 2. The normalized spacial score (nSPS) is 11.9. The maximum atomic E-state index is 12.9. The van der Waals surface area contributed by atoms with Crippen molar-refractivity contribution in [1.29, 1.82) is 0 Å². The molecule has 35 heavy (non-hydrogen) atoms. The molecule has 0 saturated heterocycles. The molecule has 0 aliphatic carbocycles. The number of rotatable bonds is 10. The number of aromatic nitrogens is 3. The van der Waals surface area contributed by atoms with Gasteiger partial charge in [-0.3, -0.25) is 9.59 Å². The summed E-state index contributed by atoms with van der Waals surface area (Å²) in [5, 5.41) is 15.8. The van der Waals surface area contributed by atoms with Gasteiger partial charge in [0.1, 0.15) is 5.75 Å². The van der Waals surface area contributed by atoms with E-state index >= 15 is 0 Å². The van der Waals surface area contributed by atoms with Gasteiger partial charge in [-0.25, -0.2) is 0 Å². The molecule has 0 fully saturated rings. The summed E-state index contributed by atoms with van der Waals surface area (Å²) in [6, 6.07) is 11.5. The van der Waals surface area contributed by atoms with Crippen LogP contribution >= 0.6 is 35.0 Å². The fourth-order valence-corrected chi connectivity index (χ4v) is 4.43. The summed E-state index contributed by atoms with van der Waals surface area (Å²) in [6.07, 6.45) is 0. The lowest BCUT2D eigenvalue weighted by molar-refractivity contribution is -0.113. The van der Waals surface area contributed by atoms with Crippen molar-refractivity contribution in [2.45, 2.75) is 38.5 Å². The second kappa shape index (κ2) is 12.3. The Labute approximate surface area is 218 Å². The van der Waals surface area contributed by atoms with Gasteiger partial charge in [-0.05, 0) is 55.3 Å². The van der Waals surface area contributed by atoms with E-state index in [0.717, 1.165) is 0 Å². The highest BCUT2D eigenvalue weighted by Crippen LogP contribution is 2.27. The van der Waals surface area contributed by atoms with Gasteiger partial charge in [-0.15, -0.1) is 10.2 Å². The highest BCUT2D eigenvalue weighted by molar-refractivity contribution is 7.99. The van der Waals surface area contributed by atoms with E-state index in [4.69, 9.17) is 27.9 Å². The first-order valence-electron chi connectivity index (χ1n) is 11.0. The first-order valence-corrected chi connectivity index (χ1v) is 12.7. The summed E-state index contributed by atoms with van der Waals surface area (Å²) in [5.41, 5.74) is 1.08. The molecule has 11 heteroatoms. The van der Waals surface area contributed by atoms with Crippen LogP contribution in [0.5, 0.6) is 5.75 Å². The number of hydrogen-bond donors (Lipinski definition) is 2. The van der Waals surface area contributed by atoms with Crippen LogP contribution < -0.4 is 15.4 Å². The number of nitrogens with one attached hydrogen (secondary N) is 2. The van der Waals surface area contributed by atoms with Crippen LogP contribution in [-0.2, 0) is 11.3 Å². The van der Waals surface area contributed by atoms with Crippen LogP contribution in [-0.4, -0.2) is 39.4 Å². The molecule has 0 aliphatic rings. The molecule has 2 amide bonds. The van der Waals surface area contributed by atoms with Crippen molar-refractivity contribution in [1.82, 2.24) is 20.1 Å². The molecule has 186 valence electrons. The van der Waals surface area contributed by atoms with Gasteiger partial charge in [-0.2, -0.15) is 0 Å². The average Bonchev–Trinajstić information content (AvgIpc) is 3.25. The van der Waals surface area contributed by atoms with Crippen LogP contribution in [0.2, 0.25) is 10.0 Å². The van der Waals surface area contributed by atoms with Crippen molar-refractivity contribution in [3.05, 3.63) is 63.9 Å². The Balaban J connectivity index is 1.70. The molecule has 0 unspecified atom stereocenters. The number of ether oxygens (including phenoxy) is 1. The molecule has 1 atom stereocenters. The molecule has 0 saturated carbocycles. The van der Waals surface area contributed by atoms with Gasteiger partial charge in [0, 0.05) is 17.8 Å². The van der Waals surface area contributed by atoms with Gasteiger partial charge in [0.05, 0.1) is 28.9 Å². The van der Waals surface area contributed by atoms with E-state index in [-0.39, 0.29) is 23.5 Å². The molecule has 2 N–H and O–H groups in total. The Bertz CT molecular complexity index is 1180. The minimum atomic E-state index is -0.396. The van der Waals surface area contributed by atoms with Crippen molar-refractivity contribution >= 4 is 52.5 Å². The van der Waals surface area contributed by atoms with Crippen LogP contribution in [0, 0.1) is 5.92 Å². The number of carbonyl (C=O) groups excluding carboxylic acids is 2. The Morgan fingerprint density at radius 1 is 1.09 bits per heavy atom. The van der Waals surface area contributed by atoms with E-state index < -0.39 is 6.04 Å². The van der Waals surface area contributed by atoms with Gasteiger partial charge < -0.3 is 19.9 Å². The lowest BCUT2D eigenvalue weighted by Crippen LogP contribution is -2.33. The molecular weight excluding hydrogens is 509 g/mol. The van der Waals surface area contributed by atoms with Crippen LogP contribution in [0.25, 0.3) is 0 Å². The van der Waals surface area contributed by atoms with Gasteiger partial charge in [-0.1, -0.05) is 48.8 Å². The molecule has 2 aromatic carbocycles. The van der Waals surface area contributed by atoms with Crippen LogP contribution in [0.1, 0.15) is 43.0 Å². The zero-order valence-electron chi connectivity index (χ0n) is 19.8. The Hall–Kier alpha value is -2.75. The number of carbonyl (C=O) groups is 2. The SMILES string of the molecule is CCn1c(SCC(=O)Nc2ccc(OC)cc2)nnc1[C@@H](NC(=O)c1ccc(Cl)c(Cl)c1)C(C)C. The number of hydrogen-bond acceptors (Lipinski definition) is 6. The topological polar surface area (TPSA) is 98.1 Å². The quantitative estimate of drug-likeness (QED) is 0.334. The van der Waals surface area contributed by atoms with E-state index in [9.17, 15) is 9.59 Å². The fourth-order valence-electron chi connectivity index (χ4n) is 3.33. The molecule has 3 rings (SSSR count). The predicted molar refractivity (Wildman–Crippen MR) is 140 cm³/mol. The van der Waals surface area contributed by atoms with E-state index in [0.29, 0.717) is 44.6 Å². The molecular formula is C24H27Cl2N5O3S. The molecule has 3 aromatic rings. The zero-order valence-corrected chi connectivity index (χ0v) is 22.2. The van der Waals surface area contributed by atoms with Gasteiger partial charge in [0.2, 0.25) is 5.91 Å². The maximum absolute atomic E-state index is 12.9. The molecule has 0 spiro atoms. The van der Waals surface area contributed by atoms with Crippen LogP contribution in [0.3, 0.4) is 0 Å². The van der Waals surface area contributed by atoms with E-state index in [1.165, 1.54) is 17.8 Å². The van der Waals surface area contributed by atoms with Crippen molar-refractivity contribution in [2.24, 2.45) is 5.92 Å². The van der Waals surface area contributed by atoms with Crippen molar-refractivity contribution in [3.8, 4) is 5.75 Å². The molecule has 0 bridgehead atoms. The number of amides is 2. The second-order valence-electron chi connectivity index (χ2n) is 7.97.